The number of hydrogen-bond acceptors (Lipinski definition) is 3. The molecule has 0 aromatic heterocycles. The summed E-state index contributed by atoms with van der Waals surface area (Å²) >= 11 is 0. The molecule has 0 radical (unpaired) electrons. The Bertz CT molecular complexity index is 565. The lowest BCUT2D eigenvalue weighted by Gasteiger charge is -2.26. The van der Waals surface area contributed by atoms with E-state index in [2.05, 4.69) is 0 Å². The van der Waals surface area contributed by atoms with Gasteiger partial charge >= 0.3 is 0 Å². The normalized spacial score (nSPS) is 17.0. The van der Waals surface area contributed by atoms with E-state index in [-0.39, 0.29) is 6.10 Å². The highest BCUT2D eigenvalue weighted by molar-refractivity contribution is 5.40. The second-order valence-corrected chi connectivity index (χ2v) is 4.63. The fourth-order valence-electron chi connectivity index (χ4n) is 2.04. The Hall–Kier alpha value is -2.16. The largest absolute Gasteiger partial charge is 0.490 e. The third-order valence-corrected chi connectivity index (χ3v) is 2.99. The Morgan fingerprint density at radius 1 is 1.11 bits per heavy atom. The maximum absolute atomic E-state index is 5.83. The lowest BCUT2D eigenvalue weighted by Crippen LogP contribution is -2.34. The second kappa shape index (κ2) is 5.22. The first-order chi connectivity index (χ1) is 9.31. The first-order valence-corrected chi connectivity index (χ1v) is 6.39. The van der Waals surface area contributed by atoms with Crippen molar-refractivity contribution >= 4 is 0 Å². The summed E-state index contributed by atoms with van der Waals surface area (Å²) in [4.78, 5) is 0. The van der Waals surface area contributed by atoms with Gasteiger partial charge in [-0.15, -0.1) is 0 Å². The van der Waals surface area contributed by atoms with Crippen LogP contribution in [0.3, 0.4) is 0 Å². The highest BCUT2D eigenvalue weighted by atomic mass is 16.6. The minimum absolute atomic E-state index is 0.0737. The van der Waals surface area contributed by atoms with Crippen molar-refractivity contribution in [2.45, 2.75) is 13.0 Å². The van der Waals surface area contributed by atoms with Crippen molar-refractivity contribution in [3.05, 3.63) is 54.1 Å². The summed E-state index contributed by atoms with van der Waals surface area (Å²) < 4.78 is 17.2. The summed E-state index contributed by atoms with van der Waals surface area (Å²) in [7, 11) is 0. The molecule has 1 heterocycles. The number of hydrogen-bond donors (Lipinski definition) is 0. The fourth-order valence-corrected chi connectivity index (χ4v) is 2.04. The van der Waals surface area contributed by atoms with Gasteiger partial charge in [0.15, 0.2) is 17.6 Å². The maximum Gasteiger partial charge on any atom is 0.166 e. The van der Waals surface area contributed by atoms with Crippen molar-refractivity contribution in [1.82, 2.24) is 0 Å². The highest BCUT2D eigenvalue weighted by Crippen LogP contribution is 2.30. The zero-order valence-electron chi connectivity index (χ0n) is 10.8. The fraction of sp³-hybridized carbons (Fsp3) is 0.250. The Morgan fingerprint density at radius 3 is 2.79 bits per heavy atom. The van der Waals surface area contributed by atoms with Crippen LogP contribution in [0, 0.1) is 6.92 Å². The summed E-state index contributed by atoms with van der Waals surface area (Å²) in [5.41, 5.74) is 1.18. The lowest BCUT2D eigenvalue weighted by atomic mass is 10.2. The predicted molar refractivity (Wildman–Crippen MR) is 73.0 cm³/mol. The summed E-state index contributed by atoms with van der Waals surface area (Å²) in [6.07, 6.45) is -0.0737. The zero-order valence-corrected chi connectivity index (χ0v) is 10.8. The van der Waals surface area contributed by atoms with Crippen LogP contribution in [0.5, 0.6) is 17.2 Å². The van der Waals surface area contributed by atoms with Gasteiger partial charge in [-0.25, -0.2) is 0 Å². The maximum atomic E-state index is 5.83. The minimum atomic E-state index is -0.0737. The third-order valence-electron chi connectivity index (χ3n) is 2.99. The predicted octanol–water partition coefficient (Wildman–Crippen LogP) is 3.21. The molecule has 98 valence electrons. The lowest BCUT2D eigenvalue weighted by molar-refractivity contribution is 0.0535. The molecule has 3 heteroatoms. The van der Waals surface area contributed by atoms with E-state index in [9.17, 15) is 0 Å². The van der Waals surface area contributed by atoms with E-state index in [1.165, 1.54) is 5.56 Å². The van der Waals surface area contributed by atoms with Crippen molar-refractivity contribution < 1.29 is 14.2 Å². The van der Waals surface area contributed by atoms with E-state index >= 15 is 0 Å². The summed E-state index contributed by atoms with van der Waals surface area (Å²) in [6, 6.07) is 15.7. The van der Waals surface area contributed by atoms with E-state index in [0.717, 1.165) is 17.2 Å². The standard InChI is InChI=1S/C16H16O3/c1-12-5-4-6-13(9-12)17-10-14-11-18-15-7-2-3-8-16(15)19-14/h2-9,14H,10-11H2,1H3. The molecule has 19 heavy (non-hydrogen) atoms. The van der Waals surface area contributed by atoms with Crippen LogP contribution >= 0.6 is 0 Å². The number of fused-ring (bicyclic) bond motifs is 1. The molecule has 0 saturated heterocycles. The van der Waals surface area contributed by atoms with E-state index in [1.807, 2.05) is 55.5 Å². The SMILES string of the molecule is Cc1cccc(OCC2COc3ccccc3O2)c1. The minimum Gasteiger partial charge on any atom is -0.490 e. The average Bonchev–Trinajstić information content (AvgIpc) is 2.45. The van der Waals surface area contributed by atoms with Gasteiger partial charge in [-0.05, 0) is 36.8 Å². The smallest absolute Gasteiger partial charge is 0.166 e. The molecular formula is C16H16O3. The third kappa shape index (κ3) is 2.81. The van der Waals surface area contributed by atoms with Gasteiger partial charge in [0.05, 0.1) is 0 Å². The Kier molecular flexibility index (Phi) is 3.27. The Morgan fingerprint density at radius 2 is 1.95 bits per heavy atom. The average molecular weight is 256 g/mol. The zero-order chi connectivity index (χ0) is 13.1. The Labute approximate surface area is 112 Å². The number of rotatable bonds is 3. The van der Waals surface area contributed by atoms with Crippen molar-refractivity contribution in [3.8, 4) is 17.2 Å². The second-order valence-electron chi connectivity index (χ2n) is 4.63. The van der Waals surface area contributed by atoms with Crippen LogP contribution in [0.2, 0.25) is 0 Å². The van der Waals surface area contributed by atoms with Gasteiger partial charge in [0.2, 0.25) is 0 Å². The number of ether oxygens (including phenoxy) is 3. The van der Waals surface area contributed by atoms with Crippen molar-refractivity contribution in [1.29, 1.82) is 0 Å². The summed E-state index contributed by atoms with van der Waals surface area (Å²) in [6.45, 7) is 3.05. The summed E-state index contributed by atoms with van der Waals surface area (Å²) in [5, 5.41) is 0. The van der Waals surface area contributed by atoms with Crippen LogP contribution in [0.15, 0.2) is 48.5 Å². The van der Waals surface area contributed by atoms with Gasteiger partial charge in [0, 0.05) is 0 Å². The van der Waals surface area contributed by atoms with E-state index < -0.39 is 0 Å². The number of benzene rings is 2. The molecule has 0 fully saturated rings. The molecule has 3 nitrogen and oxygen atoms in total. The van der Waals surface area contributed by atoms with Gasteiger partial charge < -0.3 is 14.2 Å². The Balaban J connectivity index is 1.61. The molecule has 0 N–H and O–H groups in total. The molecule has 0 saturated carbocycles. The van der Waals surface area contributed by atoms with Gasteiger partial charge in [-0.1, -0.05) is 24.3 Å². The molecule has 2 aromatic carbocycles. The number of aryl methyl sites for hydroxylation is 1. The van der Waals surface area contributed by atoms with Crippen molar-refractivity contribution in [2.24, 2.45) is 0 Å². The quantitative estimate of drug-likeness (QED) is 0.844. The topological polar surface area (TPSA) is 27.7 Å². The van der Waals surface area contributed by atoms with Gasteiger partial charge in [-0.3, -0.25) is 0 Å². The first-order valence-electron chi connectivity index (χ1n) is 6.39. The molecule has 0 bridgehead atoms. The van der Waals surface area contributed by atoms with E-state index in [4.69, 9.17) is 14.2 Å². The van der Waals surface area contributed by atoms with Crippen molar-refractivity contribution in [2.75, 3.05) is 13.2 Å². The van der Waals surface area contributed by atoms with E-state index in [1.54, 1.807) is 0 Å². The van der Waals surface area contributed by atoms with Gasteiger partial charge in [0.25, 0.3) is 0 Å². The van der Waals surface area contributed by atoms with Crippen molar-refractivity contribution in [3.63, 3.8) is 0 Å². The molecule has 0 aliphatic carbocycles. The number of para-hydroxylation sites is 2. The van der Waals surface area contributed by atoms with Gasteiger partial charge in [0.1, 0.15) is 19.0 Å². The molecule has 0 amide bonds. The van der Waals surface area contributed by atoms with E-state index in [0.29, 0.717) is 13.2 Å². The van der Waals surface area contributed by atoms with Crippen LogP contribution in [0.4, 0.5) is 0 Å². The van der Waals surface area contributed by atoms with Crippen LogP contribution < -0.4 is 14.2 Å². The highest BCUT2D eigenvalue weighted by Gasteiger charge is 2.20. The first kappa shape index (κ1) is 11.9. The van der Waals surface area contributed by atoms with Crippen LogP contribution in [0.25, 0.3) is 0 Å². The summed E-state index contributed by atoms with van der Waals surface area (Å²) in [5.74, 6) is 2.45. The van der Waals surface area contributed by atoms with Crippen LogP contribution in [-0.2, 0) is 0 Å². The molecular weight excluding hydrogens is 240 g/mol. The molecule has 2 aromatic rings. The van der Waals surface area contributed by atoms with Crippen LogP contribution in [0.1, 0.15) is 5.56 Å². The van der Waals surface area contributed by atoms with Crippen LogP contribution in [-0.4, -0.2) is 19.3 Å². The molecule has 1 aliphatic heterocycles. The molecule has 1 unspecified atom stereocenters. The molecule has 1 atom stereocenters. The molecule has 3 rings (SSSR count). The van der Waals surface area contributed by atoms with Gasteiger partial charge in [-0.2, -0.15) is 0 Å². The monoisotopic (exact) mass is 256 g/mol. The molecule has 0 spiro atoms. The molecule has 1 aliphatic rings.